The number of rotatable bonds is 3. The van der Waals surface area contributed by atoms with Gasteiger partial charge in [-0.15, -0.1) is 0 Å². The third kappa shape index (κ3) is 2.50. The Bertz CT molecular complexity index is 152. The van der Waals surface area contributed by atoms with E-state index in [-0.39, 0.29) is 11.9 Å². The lowest BCUT2D eigenvalue weighted by Crippen LogP contribution is -2.40. The zero-order valence-electron chi connectivity index (χ0n) is 7.21. The SMILES string of the molecule is CC(N)C(=O)N(C)CC1CC1. The Kier molecular flexibility index (Phi) is 2.49. The molecular weight excluding hydrogens is 140 g/mol. The summed E-state index contributed by atoms with van der Waals surface area (Å²) in [5, 5.41) is 0. The number of hydrogen-bond acceptors (Lipinski definition) is 2. The molecule has 0 radical (unpaired) electrons. The highest BCUT2D eigenvalue weighted by Crippen LogP contribution is 2.29. The van der Waals surface area contributed by atoms with Gasteiger partial charge in [-0.2, -0.15) is 0 Å². The van der Waals surface area contributed by atoms with Crippen LogP contribution < -0.4 is 5.73 Å². The zero-order chi connectivity index (χ0) is 8.43. The summed E-state index contributed by atoms with van der Waals surface area (Å²) in [4.78, 5) is 12.9. The first-order chi connectivity index (χ1) is 5.11. The average Bonchev–Trinajstić information content (AvgIpc) is 2.69. The highest BCUT2D eigenvalue weighted by molar-refractivity contribution is 5.80. The minimum Gasteiger partial charge on any atom is -0.344 e. The van der Waals surface area contributed by atoms with Crippen molar-refractivity contribution in [2.24, 2.45) is 11.7 Å². The molecule has 1 aliphatic rings. The molecule has 0 spiro atoms. The van der Waals surface area contributed by atoms with Crippen LogP contribution >= 0.6 is 0 Å². The van der Waals surface area contributed by atoms with Gasteiger partial charge in [0.25, 0.3) is 0 Å². The molecule has 0 aromatic heterocycles. The summed E-state index contributed by atoms with van der Waals surface area (Å²) in [6.07, 6.45) is 2.55. The Labute approximate surface area is 67.5 Å². The van der Waals surface area contributed by atoms with E-state index in [1.54, 1.807) is 11.8 Å². The Morgan fingerprint density at radius 3 is 2.64 bits per heavy atom. The van der Waals surface area contributed by atoms with Gasteiger partial charge in [0.1, 0.15) is 0 Å². The number of hydrogen-bond donors (Lipinski definition) is 1. The zero-order valence-corrected chi connectivity index (χ0v) is 7.21. The molecule has 1 saturated carbocycles. The molecule has 2 N–H and O–H groups in total. The molecule has 0 heterocycles. The molecule has 64 valence electrons. The van der Waals surface area contributed by atoms with Crippen molar-refractivity contribution in [3.05, 3.63) is 0 Å². The van der Waals surface area contributed by atoms with E-state index in [0.29, 0.717) is 0 Å². The van der Waals surface area contributed by atoms with Crippen LogP contribution in [0.5, 0.6) is 0 Å². The minimum absolute atomic E-state index is 0.0527. The van der Waals surface area contributed by atoms with Gasteiger partial charge in [0.15, 0.2) is 0 Å². The fourth-order valence-electron chi connectivity index (χ4n) is 1.13. The van der Waals surface area contributed by atoms with Crippen molar-refractivity contribution < 1.29 is 4.79 Å². The molecule has 1 rings (SSSR count). The van der Waals surface area contributed by atoms with Crippen LogP contribution in [0.25, 0.3) is 0 Å². The van der Waals surface area contributed by atoms with Crippen molar-refractivity contribution in [1.82, 2.24) is 4.90 Å². The first kappa shape index (κ1) is 8.53. The van der Waals surface area contributed by atoms with Gasteiger partial charge in [-0.1, -0.05) is 0 Å². The highest BCUT2D eigenvalue weighted by atomic mass is 16.2. The summed E-state index contributed by atoms with van der Waals surface area (Å²) in [5.41, 5.74) is 5.44. The smallest absolute Gasteiger partial charge is 0.238 e. The van der Waals surface area contributed by atoms with Crippen LogP contribution in [-0.2, 0) is 4.79 Å². The van der Waals surface area contributed by atoms with Crippen molar-refractivity contribution in [2.45, 2.75) is 25.8 Å². The van der Waals surface area contributed by atoms with Gasteiger partial charge in [-0.25, -0.2) is 0 Å². The fraction of sp³-hybridized carbons (Fsp3) is 0.875. The lowest BCUT2D eigenvalue weighted by atomic mass is 10.3. The van der Waals surface area contributed by atoms with Crippen molar-refractivity contribution in [2.75, 3.05) is 13.6 Å². The Morgan fingerprint density at radius 2 is 2.27 bits per heavy atom. The van der Waals surface area contributed by atoms with Gasteiger partial charge in [-0.3, -0.25) is 4.79 Å². The lowest BCUT2D eigenvalue weighted by molar-refractivity contribution is -0.131. The number of amides is 1. The summed E-state index contributed by atoms with van der Waals surface area (Å²) in [6.45, 7) is 2.62. The average molecular weight is 156 g/mol. The summed E-state index contributed by atoms with van der Waals surface area (Å²) in [7, 11) is 1.82. The Balaban J connectivity index is 2.26. The number of nitrogens with zero attached hydrogens (tertiary/aromatic N) is 1. The molecule has 1 fully saturated rings. The van der Waals surface area contributed by atoms with Gasteiger partial charge in [0.2, 0.25) is 5.91 Å². The van der Waals surface area contributed by atoms with Gasteiger partial charge in [0.05, 0.1) is 6.04 Å². The number of carbonyl (C=O) groups excluding carboxylic acids is 1. The molecule has 11 heavy (non-hydrogen) atoms. The second kappa shape index (κ2) is 3.22. The largest absolute Gasteiger partial charge is 0.344 e. The monoisotopic (exact) mass is 156 g/mol. The summed E-state index contributed by atoms with van der Waals surface area (Å²) < 4.78 is 0. The number of likely N-dealkylation sites (N-methyl/N-ethyl adjacent to an activating group) is 1. The molecule has 0 aliphatic heterocycles. The van der Waals surface area contributed by atoms with E-state index in [4.69, 9.17) is 5.73 Å². The van der Waals surface area contributed by atoms with E-state index in [1.165, 1.54) is 12.8 Å². The predicted octanol–water partition coefficient (Wildman–Crippen LogP) is 0.202. The molecule has 1 unspecified atom stereocenters. The maximum Gasteiger partial charge on any atom is 0.238 e. The normalized spacial score (nSPS) is 19.5. The molecular formula is C8H16N2O. The van der Waals surface area contributed by atoms with Crippen LogP contribution in [-0.4, -0.2) is 30.4 Å². The molecule has 3 heteroatoms. The van der Waals surface area contributed by atoms with E-state index in [1.807, 2.05) is 7.05 Å². The first-order valence-electron chi connectivity index (χ1n) is 4.12. The van der Waals surface area contributed by atoms with Crippen LogP contribution in [0.15, 0.2) is 0 Å². The third-order valence-electron chi connectivity index (χ3n) is 1.99. The number of nitrogens with two attached hydrogens (primary N) is 1. The predicted molar refractivity (Wildman–Crippen MR) is 44.0 cm³/mol. The second-order valence-electron chi connectivity index (χ2n) is 3.45. The van der Waals surface area contributed by atoms with Crippen LogP contribution in [0.3, 0.4) is 0 Å². The molecule has 1 atom stereocenters. The summed E-state index contributed by atoms with van der Waals surface area (Å²) >= 11 is 0. The van der Waals surface area contributed by atoms with E-state index in [2.05, 4.69) is 0 Å². The minimum atomic E-state index is -0.348. The topological polar surface area (TPSA) is 46.3 Å². The van der Waals surface area contributed by atoms with Crippen molar-refractivity contribution >= 4 is 5.91 Å². The Hall–Kier alpha value is -0.570. The molecule has 0 saturated heterocycles. The molecule has 1 aliphatic carbocycles. The highest BCUT2D eigenvalue weighted by Gasteiger charge is 2.25. The molecule has 0 aromatic carbocycles. The van der Waals surface area contributed by atoms with Gasteiger partial charge in [0, 0.05) is 13.6 Å². The molecule has 3 nitrogen and oxygen atoms in total. The maximum atomic E-state index is 11.2. The van der Waals surface area contributed by atoms with Crippen molar-refractivity contribution in [3.8, 4) is 0 Å². The molecule has 0 aromatic rings. The van der Waals surface area contributed by atoms with Crippen LogP contribution in [0.4, 0.5) is 0 Å². The van der Waals surface area contributed by atoms with E-state index < -0.39 is 0 Å². The number of carbonyl (C=O) groups is 1. The van der Waals surface area contributed by atoms with Crippen LogP contribution in [0.1, 0.15) is 19.8 Å². The first-order valence-corrected chi connectivity index (χ1v) is 4.12. The third-order valence-corrected chi connectivity index (χ3v) is 1.99. The fourth-order valence-corrected chi connectivity index (χ4v) is 1.13. The van der Waals surface area contributed by atoms with E-state index in [9.17, 15) is 4.79 Å². The quantitative estimate of drug-likeness (QED) is 0.634. The molecule has 1 amide bonds. The van der Waals surface area contributed by atoms with E-state index >= 15 is 0 Å². The van der Waals surface area contributed by atoms with Gasteiger partial charge < -0.3 is 10.6 Å². The van der Waals surface area contributed by atoms with Crippen molar-refractivity contribution in [3.63, 3.8) is 0 Å². The molecule has 0 bridgehead atoms. The second-order valence-corrected chi connectivity index (χ2v) is 3.45. The van der Waals surface area contributed by atoms with Gasteiger partial charge in [-0.05, 0) is 25.7 Å². The Morgan fingerprint density at radius 1 is 1.73 bits per heavy atom. The van der Waals surface area contributed by atoms with Crippen molar-refractivity contribution in [1.29, 1.82) is 0 Å². The van der Waals surface area contributed by atoms with Gasteiger partial charge >= 0.3 is 0 Å². The van der Waals surface area contributed by atoms with Crippen LogP contribution in [0, 0.1) is 5.92 Å². The van der Waals surface area contributed by atoms with Crippen LogP contribution in [0.2, 0.25) is 0 Å². The summed E-state index contributed by atoms with van der Waals surface area (Å²) in [5.74, 6) is 0.805. The summed E-state index contributed by atoms with van der Waals surface area (Å²) in [6, 6.07) is -0.348. The standard InChI is InChI=1S/C8H16N2O/c1-6(9)8(11)10(2)5-7-3-4-7/h6-7H,3-5,9H2,1-2H3. The maximum absolute atomic E-state index is 11.2. The van der Waals surface area contributed by atoms with E-state index in [0.717, 1.165) is 12.5 Å². The lowest BCUT2D eigenvalue weighted by Gasteiger charge is -2.18.